The second kappa shape index (κ2) is 6.89. The molecule has 0 heterocycles. The Balaban J connectivity index is 1.51. The highest BCUT2D eigenvalue weighted by molar-refractivity contribution is 9.10. The number of nitro benzene ring substituents is 1. The van der Waals surface area contributed by atoms with Crippen molar-refractivity contribution in [3.05, 3.63) is 32.3 Å². The van der Waals surface area contributed by atoms with E-state index in [4.69, 9.17) is 0 Å². The van der Waals surface area contributed by atoms with Gasteiger partial charge in [0, 0.05) is 16.6 Å². The first-order valence-corrected chi connectivity index (χ1v) is 10.1. The smallest absolute Gasteiger partial charge is 0.271 e. The lowest BCUT2D eigenvalue weighted by atomic mass is 9.58. The molecular formula is C19H21BrN3O4-. The molecule has 4 fully saturated rings. The number of benzene rings is 1. The Hall–Kier alpha value is -1.96. The third kappa shape index (κ3) is 3.47. The summed E-state index contributed by atoms with van der Waals surface area (Å²) < 4.78 is 0.0991. The number of nitro groups is 1. The summed E-state index contributed by atoms with van der Waals surface area (Å²) in [7, 11) is 0. The Kier molecular flexibility index (Phi) is 4.70. The van der Waals surface area contributed by atoms with Crippen molar-refractivity contribution in [2.75, 3.05) is 0 Å². The summed E-state index contributed by atoms with van der Waals surface area (Å²) in [5, 5.41) is 27.0. The van der Waals surface area contributed by atoms with E-state index in [2.05, 4.69) is 26.5 Å². The molecule has 4 aliphatic carbocycles. The molecule has 1 aromatic rings. The average molecular weight is 435 g/mol. The topological polar surface area (TPSA) is 108 Å². The van der Waals surface area contributed by atoms with Crippen LogP contribution in [-0.2, 0) is 4.79 Å². The van der Waals surface area contributed by atoms with Crippen LogP contribution in [0.2, 0.25) is 0 Å². The summed E-state index contributed by atoms with van der Waals surface area (Å²) in [6.45, 7) is 0. The summed E-state index contributed by atoms with van der Waals surface area (Å²) in [6.07, 6.45) is 8.92. The van der Waals surface area contributed by atoms with Crippen molar-refractivity contribution in [1.82, 2.24) is 5.43 Å². The number of non-ortho nitro benzene ring substituents is 1. The van der Waals surface area contributed by atoms with Crippen molar-refractivity contribution in [1.29, 1.82) is 0 Å². The molecule has 1 amide bonds. The minimum absolute atomic E-state index is 0.0686. The number of amides is 1. The third-order valence-corrected chi connectivity index (χ3v) is 7.06. The normalized spacial score (nSPS) is 31.8. The summed E-state index contributed by atoms with van der Waals surface area (Å²) >= 11 is 3.04. The first-order valence-electron chi connectivity index (χ1n) is 9.35. The number of nitrogens with one attached hydrogen (secondary N) is 1. The maximum Gasteiger partial charge on any atom is 0.271 e. The molecule has 8 heteroatoms. The van der Waals surface area contributed by atoms with E-state index in [-0.39, 0.29) is 27.0 Å². The fourth-order valence-electron chi connectivity index (χ4n) is 5.55. The van der Waals surface area contributed by atoms with Crippen LogP contribution >= 0.6 is 15.9 Å². The SMILES string of the molecule is O=C(N/N=C\c1cc([N+](=O)[O-])cc(Br)c1[O-])C12CC3C[C@H](CC[C@@H](C3)C1)C2. The van der Waals surface area contributed by atoms with E-state index < -0.39 is 10.7 Å². The molecule has 0 aromatic heterocycles. The quantitative estimate of drug-likeness (QED) is 0.444. The summed E-state index contributed by atoms with van der Waals surface area (Å²) in [5.74, 6) is 1.43. The van der Waals surface area contributed by atoms with Gasteiger partial charge in [0.2, 0.25) is 5.91 Å². The molecule has 0 saturated heterocycles. The Bertz CT molecular complexity index is 809. The van der Waals surface area contributed by atoms with Gasteiger partial charge in [0.25, 0.3) is 5.69 Å². The van der Waals surface area contributed by atoms with Crippen LogP contribution in [0.25, 0.3) is 0 Å². The number of carbonyl (C=O) groups excluding carboxylic acids is 1. The first-order chi connectivity index (χ1) is 12.9. The van der Waals surface area contributed by atoms with Crippen LogP contribution < -0.4 is 10.5 Å². The van der Waals surface area contributed by atoms with Crippen LogP contribution in [0.15, 0.2) is 21.7 Å². The fourth-order valence-corrected chi connectivity index (χ4v) is 6.01. The van der Waals surface area contributed by atoms with Crippen LogP contribution in [0.5, 0.6) is 5.75 Å². The maximum absolute atomic E-state index is 12.9. The van der Waals surface area contributed by atoms with Crippen LogP contribution in [0.4, 0.5) is 5.69 Å². The monoisotopic (exact) mass is 434 g/mol. The number of hydrazone groups is 1. The lowest BCUT2D eigenvalue weighted by Gasteiger charge is -2.46. The summed E-state index contributed by atoms with van der Waals surface area (Å²) in [6, 6.07) is 2.33. The molecule has 0 radical (unpaired) electrons. The minimum Gasteiger partial charge on any atom is -0.871 e. The fraction of sp³-hybridized carbons (Fsp3) is 0.579. The van der Waals surface area contributed by atoms with Crippen LogP contribution in [0.3, 0.4) is 0 Å². The Labute approximate surface area is 165 Å². The Morgan fingerprint density at radius 1 is 1.22 bits per heavy atom. The number of hydrogen-bond acceptors (Lipinski definition) is 5. The lowest BCUT2D eigenvalue weighted by Crippen LogP contribution is -2.47. The second-order valence-electron chi connectivity index (χ2n) is 8.34. The predicted octanol–water partition coefficient (Wildman–Crippen LogP) is 3.49. The molecule has 27 heavy (non-hydrogen) atoms. The molecule has 144 valence electrons. The van der Waals surface area contributed by atoms with Crippen molar-refractivity contribution >= 4 is 33.7 Å². The molecule has 0 aliphatic heterocycles. The van der Waals surface area contributed by atoms with E-state index in [0.717, 1.165) is 25.3 Å². The molecule has 4 bridgehead atoms. The number of rotatable bonds is 4. The van der Waals surface area contributed by atoms with E-state index >= 15 is 0 Å². The van der Waals surface area contributed by atoms with E-state index in [1.165, 1.54) is 38.0 Å². The van der Waals surface area contributed by atoms with Crippen molar-refractivity contribution < 1.29 is 14.8 Å². The van der Waals surface area contributed by atoms with Gasteiger partial charge in [-0.1, -0.05) is 34.5 Å². The van der Waals surface area contributed by atoms with Gasteiger partial charge < -0.3 is 5.11 Å². The molecule has 4 aliphatic rings. The van der Waals surface area contributed by atoms with Crippen molar-refractivity contribution in [2.45, 2.75) is 44.9 Å². The van der Waals surface area contributed by atoms with Gasteiger partial charge in [-0.25, -0.2) is 5.43 Å². The zero-order valence-electron chi connectivity index (χ0n) is 14.8. The highest BCUT2D eigenvalue weighted by atomic mass is 79.9. The number of carbonyl (C=O) groups is 1. The van der Waals surface area contributed by atoms with Crippen molar-refractivity contribution in [3.63, 3.8) is 0 Å². The van der Waals surface area contributed by atoms with E-state index in [0.29, 0.717) is 17.8 Å². The van der Waals surface area contributed by atoms with Gasteiger partial charge in [-0.3, -0.25) is 14.9 Å². The number of nitrogens with zero attached hydrogens (tertiary/aromatic N) is 2. The van der Waals surface area contributed by atoms with Gasteiger partial charge in [0.05, 0.1) is 16.6 Å². The van der Waals surface area contributed by atoms with E-state index in [1.54, 1.807) is 0 Å². The van der Waals surface area contributed by atoms with Gasteiger partial charge in [-0.15, -0.1) is 0 Å². The second-order valence-corrected chi connectivity index (χ2v) is 9.20. The van der Waals surface area contributed by atoms with Gasteiger partial charge >= 0.3 is 0 Å². The van der Waals surface area contributed by atoms with Gasteiger partial charge in [-0.05, 0) is 55.4 Å². The molecule has 0 spiro atoms. The van der Waals surface area contributed by atoms with E-state index in [9.17, 15) is 20.0 Å². The van der Waals surface area contributed by atoms with Crippen LogP contribution in [0, 0.1) is 33.3 Å². The molecule has 1 aromatic carbocycles. The lowest BCUT2D eigenvalue weighted by molar-refractivity contribution is -0.385. The highest BCUT2D eigenvalue weighted by Gasteiger charge is 2.52. The van der Waals surface area contributed by atoms with Crippen molar-refractivity contribution in [3.8, 4) is 5.75 Å². The maximum atomic E-state index is 12.9. The molecule has 7 nitrogen and oxygen atoms in total. The van der Waals surface area contributed by atoms with Gasteiger partial charge in [0.1, 0.15) is 0 Å². The molecule has 2 atom stereocenters. The third-order valence-electron chi connectivity index (χ3n) is 6.47. The number of hydrogen-bond donors (Lipinski definition) is 1. The Morgan fingerprint density at radius 3 is 2.48 bits per heavy atom. The Morgan fingerprint density at radius 2 is 1.85 bits per heavy atom. The molecular weight excluding hydrogens is 414 g/mol. The molecule has 5 rings (SSSR count). The molecule has 4 saturated carbocycles. The standard InChI is InChI=1S/C19H22BrN3O4/c20-16-6-15(23(26)27)5-14(17(16)24)10-21-22-18(25)19-7-11-1-2-12(8-19)4-13(3-11)9-19/h5-6,10-13,24H,1-4,7-9H2,(H,22,25)/p-1/b21-10-/t11-,12-,13?,19?/m0/s1. The van der Waals surface area contributed by atoms with Gasteiger partial charge in [0.15, 0.2) is 0 Å². The first kappa shape index (κ1) is 18.4. The zero-order valence-corrected chi connectivity index (χ0v) is 16.4. The highest BCUT2D eigenvalue weighted by Crippen LogP contribution is 2.57. The summed E-state index contributed by atoms with van der Waals surface area (Å²) in [5.41, 5.74) is 2.15. The van der Waals surface area contributed by atoms with Crippen LogP contribution in [-0.4, -0.2) is 17.0 Å². The molecule has 1 N–H and O–H groups in total. The minimum atomic E-state index is -0.570. The predicted molar refractivity (Wildman–Crippen MR) is 101 cm³/mol. The molecule has 0 unspecified atom stereocenters. The van der Waals surface area contributed by atoms with Gasteiger partial charge in [-0.2, -0.15) is 5.10 Å². The van der Waals surface area contributed by atoms with E-state index in [1.807, 2.05) is 0 Å². The zero-order chi connectivity index (χ0) is 19.2. The number of halogens is 1. The average Bonchev–Trinajstić information content (AvgIpc) is 2.83. The van der Waals surface area contributed by atoms with Crippen molar-refractivity contribution in [2.24, 2.45) is 28.3 Å². The van der Waals surface area contributed by atoms with Crippen LogP contribution in [0.1, 0.15) is 50.5 Å². The largest absolute Gasteiger partial charge is 0.871 e. The summed E-state index contributed by atoms with van der Waals surface area (Å²) in [4.78, 5) is 23.3. The number of fused-ring (bicyclic) bond motifs is 1.